The van der Waals surface area contributed by atoms with Crippen LogP contribution in [0.2, 0.25) is 0 Å². The van der Waals surface area contributed by atoms with Crippen LogP contribution in [0.1, 0.15) is 40.0 Å². The minimum Gasteiger partial charge on any atom is -0.480 e. The molecule has 1 unspecified atom stereocenters. The third kappa shape index (κ3) is 3.95. The Morgan fingerprint density at radius 3 is 2.48 bits per heavy atom. The lowest BCUT2D eigenvalue weighted by Crippen LogP contribution is -2.51. The predicted molar refractivity (Wildman–Crippen MR) is 76.4 cm³/mol. The lowest BCUT2D eigenvalue weighted by molar-refractivity contribution is -0.145. The maximum atomic E-state index is 12.2. The number of amides is 2. The van der Waals surface area contributed by atoms with Crippen molar-refractivity contribution in [3.63, 3.8) is 0 Å². The first-order valence-corrected chi connectivity index (χ1v) is 7.49. The molecule has 118 valence electrons. The molecule has 2 rings (SSSR count). The summed E-state index contributed by atoms with van der Waals surface area (Å²) in [6, 6.07) is -0.947. The van der Waals surface area contributed by atoms with E-state index in [-0.39, 0.29) is 18.2 Å². The average molecular weight is 296 g/mol. The standard InChI is InChI=1S/C15H24N2O4/c1-15(2,3)12(14(20)21)16-13(19)10-6-11(18)17(8-10)7-9-4-5-9/h9-10,12H,4-8H2,1-3H3,(H,16,19)(H,20,21)/t10?,12-/m1/s1. The Kier molecular flexibility index (Phi) is 4.25. The van der Waals surface area contributed by atoms with Gasteiger partial charge in [0.05, 0.1) is 5.92 Å². The maximum absolute atomic E-state index is 12.2. The van der Waals surface area contributed by atoms with Gasteiger partial charge < -0.3 is 15.3 Å². The van der Waals surface area contributed by atoms with Crippen LogP contribution in [0.25, 0.3) is 0 Å². The summed E-state index contributed by atoms with van der Waals surface area (Å²) in [5, 5.41) is 11.8. The van der Waals surface area contributed by atoms with Crippen LogP contribution in [0, 0.1) is 17.3 Å². The van der Waals surface area contributed by atoms with E-state index in [1.807, 2.05) is 0 Å². The summed E-state index contributed by atoms with van der Waals surface area (Å²) in [6.45, 7) is 6.46. The molecule has 2 atom stereocenters. The van der Waals surface area contributed by atoms with Gasteiger partial charge in [-0.05, 0) is 24.2 Å². The van der Waals surface area contributed by atoms with Gasteiger partial charge in [-0.15, -0.1) is 0 Å². The molecule has 21 heavy (non-hydrogen) atoms. The van der Waals surface area contributed by atoms with Crippen LogP contribution >= 0.6 is 0 Å². The van der Waals surface area contributed by atoms with Crippen molar-refractivity contribution in [3.8, 4) is 0 Å². The molecule has 1 saturated heterocycles. The van der Waals surface area contributed by atoms with Gasteiger partial charge in [-0.2, -0.15) is 0 Å². The fourth-order valence-corrected chi connectivity index (χ4v) is 2.65. The quantitative estimate of drug-likeness (QED) is 0.788. The molecule has 0 aromatic rings. The molecule has 0 aromatic carbocycles. The summed E-state index contributed by atoms with van der Waals surface area (Å²) in [6.07, 6.45) is 2.51. The molecule has 2 amide bonds. The molecule has 1 aliphatic heterocycles. The van der Waals surface area contributed by atoms with Crippen molar-refractivity contribution in [2.75, 3.05) is 13.1 Å². The Bertz CT molecular complexity index is 451. The molecule has 0 bridgehead atoms. The highest BCUT2D eigenvalue weighted by atomic mass is 16.4. The van der Waals surface area contributed by atoms with Crippen molar-refractivity contribution in [2.24, 2.45) is 17.3 Å². The van der Waals surface area contributed by atoms with E-state index in [1.54, 1.807) is 25.7 Å². The average Bonchev–Trinajstić information content (AvgIpc) is 3.08. The van der Waals surface area contributed by atoms with Crippen molar-refractivity contribution < 1.29 is 19.5 Å². The second-order valence-electron chi connectivity index (χ2n) is 7.29. The van der Waals surface area contributed by atoms with E-state index in [0.29, 0.717) is 12.5 Å². The van der Waals surface area contributed by atoms with Crippen molar-refractivity contribution in [2.45, 2.75) is 46.1 Å². The van der Waals surface area contributed by atoms with Gasteiger partial charge in [-0.3, -0.25) is 9.59 Å². The first kappa shape index (κ1) is 15.8. The SMILES string of the molecule is CC(C)(C)[C@H](NC(=O)C1CC(=O)N(CC2CC2)C1)C(=O)O. The van der Waals surface area contributed by atoms with E-state index in [2.05, 4.69) is 5.32 Å². The van der Waals surface area contributed by atoms with E-state index in [9.17, 15) is 19.5 Å². The summed E-state index contributed by atoms with van der Waals surface area (Å²) in [5.41, 5.74) is -0.572. The molecule has 2 N–H and O–H groups in total. The van der Waals surface area contributed by atoms with E-state index in [4.69, 9.17) is 0 Å². The number of carbonyl (C=O) groups excluding carboxylic acids is 2. The molecular weight excluding hydrogens is 272 g/mol. The summed E-state index contributed by atoms with van der Waals surface area (Å²) in [7, 11) is 0. The molecular formula is C15H24N2O4. The Hall–Kier alpha value is -1.59. The monoisotopic (exact) mass is 296 g/mol. The topological polar surface area (TPSA) is 86.7 Å². The fraction of sp³-hybridized carbons (Fsp3) is 0.800. The Balaban J connectivity index is 1.93. The minimum absolute atomic E-state index is 0.00434. The highest BCUT2D eigenvalue weighted by molar-refractivity contribution is 5.91. The first-order valence-electron chi connectivity index (χ1n) is 7.49. The van der Waals surface area contributed by atoms with Crippen LogP contribution in [0.4, 0.5) is 0 Å². The summed E-state index contributed by atoms with van der Waals surface area (Å²) >= 11 is 0. The van der Waals surface area contributed by atoms with E-state index in [1.165, 1.54) is 0 Å². The second kappa shape index (κ2) is 5.66. The largest absolute Gasteiger partial charge is 0.480 e. The van der Waals surface area contributed by atoms with Gasteiger partial charge in [0.1, 0.15) is 6.04 Å². The molecule has 1 heterocycles. The second-order valence-corrected chi connectivity index (χ2v) is 7.29. The third-order valence-electron chi connectivity index (χ3n) is 4.16. The summed E-state index contributed by atoms with van der Waals surface area (Å²) in [4.78, 5) is 37.2. The summed E-state index contributed by atoms with van der Waals surface area (Å²) in [5.74, 6) is -1.21. The van der Waals surface area contributed by atoms with E-state index in [0.717, 1.165) is 19.4 Å². The van der Waals surface area contributed by atoms with Gasteiger partial charge in [0.25, 0.3) is 0 Å². The summed E-state index contributed by atoms with van der Waals surface area (Å²) < 4.78 is 0. The maximum Gasteiger partial charge on any atom is 0.326 e. The van der Waals surface area contributed by atoms with Gasteiger partial charge in [-0.1, -0.05) is 20.8 Å². The number of aliphatic carboxylic acids is 1. The number of carbonyl (C=O) groups is 3. The smallest absolute Gasteiger partial charge is 0.326 e. The Morgan fingerprint density at radius 1 is 1.38 bits per heavy atom. The van der Waals surface area contributed by atoms with E-state index < -0.39 is 23.3 Å². The highest BCUT2D eigenvalue weighted by Gasteiger charge is 2.40. The van der Waals surface area contributed by atoms with Crippen molar-refractivity contribution in [1.29, 1.82) is 0 Å². The van der Waals surface area contributed by atoms with Gasteiger partial charge in [0.15, 0.2) is 0 Å². The number of carboxylic acids is 1. The van der Waals surface area contributed by atoms with Crippen LogP contribution in [0.5, 0.6) is 0 Å². The fourth-order valence-electron chi connectivity index (χ4n) is 2.65. The normalized spacial score (nSPS) is 24.0. The zero-order valence-electron chi connectivity index (χ0n) is 12.9. The molecule has 1 saturated carbocycles. The number of nitrogens with one attached hydrogen (secondary N) is 1. The Morgan fingerprint density at radius 2 is 2.00 bits per heavy atom. The van der Waals surface area contributed by atoms with Gasteiger partial charge >= 0.3 is 5.97 Å². The molecule has 2 aliphatic rings. The van der Waals surface area contributed by atoms with Gasteiger partial charge in [0, 0.05) is 19.5 Å². The number of nitrogens with zero attached hydrogens (tertiary/aromatic N) is 1. The molecule has 2 fully saturated rings. The number of rotatable bonds is 5. The van der Waals surface area contributed by atoms with Crippen LogP contribution in [0.15, 0.2) is 0 Å². The first-order chi connectivity index (χ1) is 9.68. The van der Waals surface area contributed by atoms with Crippen LogP contribution < -0.4 is 5.32 Å². The Labute approximate surface area is 124 Å². The molecule has 0 spiro atoms. The molecule has 0 radical (unpaired) electrons. The van der Waals surface area contributed by atoms with Gasteiger partial charge in [-0.25, -0.2) is 4.79 Å². The van der Waals surface area contributed by atoms with Crippen LogP contribution in [-0.2, 0) is 14.4 Å². The lowest BCUT2D eigenvalue weighted by atomic mass is 9.86. The zero-order valence-corrected chi connectivity index (χ0v) is 12.9. The predicted octanol–water partition coefficient (Wildman–Crippen LogP) is 0.860. The molecule has 6 nitrogen and oxygen atoms in total. The van der Waals surface area contributed by atoms with Gasteiger partial charge in [0.2, 0.25) is 11.8 Å². The number of likely N-dealkylation sites (tertiary alicyclic amines) is 1. The number of hydrogen-bond donors (Lipinski definition) is 2. The lowest BCUT2D eigenvalue weighted by Gasteiger charge is -2.28. The number of hydrogen-bond acceptors (Lipinski definition) is 3. The van der Waals surface area contributed by atoms with Crippen molar-refractivity contribution in [1.82, 2.24) is 10.2 Å². The molecule has 1 aliphatic carbocycles. The van der Waals surface area contributed by atoms with Crippen LogP contribution in [0.3, 0.4) is 0 Å². The van der Waals surface area contributed by atoms with Crippen molar-refractivity contribution in [3.05, 3.63) is 0 Å². The highest BCUT2D eigenvalue weighted by Crippen LogP contribution is 2.32. The number of carboxylic acid groups (broad SMARTS) is 1. The molecule has 0 aromatic heterocycles. The zero-order chi connectivity index (χ0) is 15.8. The van der Waals surface area contributed by atoms with E-state index >= 15 is 0 Å². The van der Waals surface area contributed by atoms with Crippen molar-refractivity contribution >= 4 is 17.8 Å². The minimum atomic E-state index is -1.05. The third-order valence-corrected chi connectivity index (χ3v) is 4.16. The molecule has 6 heteroatoms. The van der Waals surface area contributed by atoms with Crippen LogP contribution in [-0.4, -0.2) is 46.9 Å².